The number of aliphatic hydroxyl groups is 1. The summed E-state index contributed by atoms with van der Waals surface area (Å²) in [5.74, 6) is 0. The molecule has 140 valence electrons. The summed E-state index contributed by atoms with van der Waals surface area (Å²) in [6.45, 7) is 11.1. The number of hydrogen-bond donors (Lipinski definition) is 2. The SMILES string of the molecule is CCC(CNC(=O)N(CC)CC(C)(C)O)N1CCc2ccccc2C1. The highest BCUT2D eigenvalue weighted by Crippen LogP contribution is 2.21. The van der Waals surface area contributed by atoms with E-state index in [0.717, 1.165) is 25.9 Å². The summed E-state index contributed by atoms with van der Waals surface area (Å²) >= 11 is 0. The van der Waals surface area contributed by atoms with Crippen LogP contribution in [0.25, 0.3) is 0 Å². The van der Waals surface area contributed by atoms with Gasteiger partial charge < -0.3 is 15.3 Å². The molecule has 2 N–H and O–H groups in total. The van der Waals surface area contributed by atoms with Crippen molar-refractivity contribution < 1.29 is 9.90 Å². The van der Waals surface area contributed by atoms with Gasteiger partial charge in [-0.25, -0.2) is 4.79 Å². The van der Waals surface area contributed by atoms with Gasteiger partial charge in [-0.1, -0.05) is 31.2 Å². The number of likely N-dealkylation sites (N-methyl/N-ethyl adjacent to an activating group) is 1. The second kappa shape index (κ2) is 8.68. The molecule has 0 spiro atoms. The summed E-state index contributed by atoms with van der Waals surface area (Å²) in [4.78, 5) is 16.6. The second-order valence-electron chi connectivity index (χ2n) is 7.56. The summed E-state index contributed by atoms with van der Waals surface area (Å²) in [5.41, 5.74) is 1.96. The van der Waals surface area contributed by atoms with Gasteiger partial charge in [-0.05, 0) is 44.7 Å². The Labute approximate surface area is 152 Å². The molecule has 5 heteroatoms. The van der Waals surface area contributed by atoms with E-state index in [4.69, 9.17) is 0 Å². The normalized spacial score (nSPS) is 16.2. The fraction of sp³-hybridized carbons (Fsp3) is 0.650. The van der Waals surface area contributed by atoms with Crippen molar-refractivity contribution >= 4 is 6.03 Å². The van der Waals surface area contributed by atoms with Crippen LogP contribution >= 0.6 is 0 Å². The lowest BCUT2D eigenvalue weighted by Gasteiger charge is -2.36. The Balaban J connectivity index is 1.91. The molecule has 1 aromatic carbocycles. The fourth-order valence-electron chi connectivity index (χ4n) is 3.47. The van der Waals surface area contributed by atoms with Crippen molar-refractivity contribution in [3.05, 3.63) is 35.4 Å². The van der Waals surface area contributed by atoms with E-state index < -0.39 is 5.60 Å². The number of nitrogens with one attached hydrogen (secondary N) is 1. The van der Waals surface area contributed by atoms with Crippen LogP contribution in [0.5, 0.6) is 0 Å². The molecule has 1 heterocycles. The van der Waals surface area contributed by atoms with E-state index >= 15 is 0 Å². The first-order chi connectivity index (χ1) is 11.8. The zero-order chi connectivity index (χ0) is 18.4. The van der Waals surface area contributed by atoms with Crippen molar-refractivity contribution in [2.45, 2.75) is 58.7 Å². The number of hydrogen-bond acceptors (Lipinski definition) is 3. The van der Waals surface area contributed by atoms with Crippen molar-refractivity contribution in [2.75, 3.05) is 26.2 Å². The van der Waals surface area contributed by atoms with Crippen LogP contribution in [0.15, 0.2) is 24.3 Å². The summed E-state index contributed by atoms with van der Waals surface area (Å²) in [5, 5.41) is 13.0. The highest BCUT2D eigenvalue weighted by Gasteiger charge is 2.25. The Morgan fingerprint density at radius 1 is 1.32 bits per heavy atom. The maximum absolute atomic E-state index is 12.4. The topological polar surface area (TPSA) is 55.8 Å². The summed E-state index contributed by atoms with van der Waals surface area (Å²) < 4.78 is 0. The molecular formula is C20H33N3O2. The average Bonchev–Trinajstić information content (AvgIpc) is 2.59. The molecular weight excluding hydrogens is 314 g/mol. The molecule has 0 fully saturated rings. The fourth-order valence-corrected chi connectivity index (χ4v) is 3.47. The number of carbonyl (C=O) groups is 1. The molecule has 1 aromatic rings. The third kappa shape index (κ3) is 5.72. The van der Waals surface area contributed by atoms with E-state index in [1.54, 1.807) is 18.7 Å². The third-order valence-electron chi connectivity index (χ3n) is 4.88. The molecule has 1 aliphatic heterocycles. The predicted molar refractivity (Wildman–Crippen MR) is 102 cm³/mol. The zero-order valence-electron chi connectivity index (χ0n) is 16.1. The highest BCUT2D eigenvalue weighted by molar-refractivity contribution is 5.74. The molecule has 5 nitrogen and oxygen atoms in total. The summed E-state index contributed by atoms with van der Waals surface area (Å²) in [6, 6.07) is 8.85. The molecule has 2 rings (SSSR count). The molecule has 0 aromatic heterocycles. The van der Waals surface area contributed by atoms with Gasteiger partial charge in [0.15, 0.2) is 0 Å². The lowest BCUT2D eigenvalue weighted by Crippen LogP contribution is -2.51. The van der Waals surface area contributed by atoms with Gasteiger partial charge in [0.2, 0.25) is 0 Å². The minimum atomic E-state index is -0.881. The number of urea groups is 1. The Morgan fingerprint density at radius 2 is 2.00 bits per heavy atom. The first-order valence-electron chi connectivity index (χ1n) is 9.40. The van der Waals surface area contributed by atoms with E-state index in [1.807, 2.05) is 6.92 Å². The van der Waals surface area contributed by atoms with Crippen LogP contribution in [0.3, 0.4) is 0 Å². The molecule has 1 aliphatic rings. The predicted octanol–water partition coefficient (Wildman–Crippen LogP) is 2.63. The van der Waals surface area contributed by atoms with Crippen molar-refractivity contribution in [1.29, 1.82) is 0 Å². The number of benzene rings is 1. The van der Waals surface area contributed by atoms with Gasteiger partial charge in [-0.2, -0.15) is 0 Å². The Hall–Kier alpha value is -1.59. The minimum absolute atomic E-state index is 0.0968. The largest absolute Gasteiger partial charge is 0.389 e. The zero-order valence-corrected chi connectivity index (χ0v) is 16.1. The minimum Gasteiger partial charge on any atom is -0.389 e. The van der Waals surface area contributed by atoms with Gasteiger partial charge in [-0.3, -0.25) is 4.90 Å². The summed E-state index contributed by atoms with van der Waals surface area (Å²) in [7, 11) is 0. The Kier molecular flexibility index (Phi) is 6.85. The molecule has 0 bridgehead atoms. The second-order valence-corrected chi connectivity index (χ2v) is 7.56. The first kappa shape index (κ1) is 19.7. The molecule has 0 radical (unpaired) electrons. The van der Waals surface area contributed by atoms with Crippen molar-refractivity contribution in [2.24, 2.45) is 0 Å². The Morgan fingerprint density at radius 3 is 2.60 bits per heavy atom. The molecule has 1 atom stereocenters. The van der Waals surface area contributed by atoms with Gasteiger partial charge in [0, 0.05) is 32.2 Å². The van der Waals surface area contributed by atoms with Crippen molar-refractivity contribution in [1.82, 2.24) is 15.1 Å². The van der Waals surface area contributed by atoms with Crippen LogP contribution in [0.2, 0.25) is 0 Å². The smallest absolute Gasteiger partial charge is 0.317 e. The third-order valence-corrected chi connectivity index (χ3v) is 4.88. The van der Waals surface area contributed by atoms with E-state index in [9.17, 15) is 9.90 Å². The standard InChI is InChI=1S/C20H33N3O2/c1-5-18(13-21-19(24)22(6-2)15-20(3,4)25)23-12-11-16-9-7-8-10-17(16)14-23/h7-10,18,25H,5-6,11-15H2,1-4H3,(H,21,24). The molecule has 25 heavy (non-hydrogen) atoms. The lowest BCUT2D eigenvalue weighted by molar-refractivity contribution is 0.0475. The van der Waals surface area contributed by atoms with Gasteiger partial charge in [0.25, 0.3) is 0 Å². The number of carbonyl (C=O) groups excluding carboxylic acids is 1. The monoisotopic (exact) mass is 347 g/mol. The number of amides is 2. The van der Waals surface area contributed by atoms with Crippen molar-refractivity contribution in [3.63, 3.8) is 0 Å². The van der Waals surface area contributed by atoms with Crippen molar-refractivity contribution in [3.8, 4) is 0 Å². The van der Waals surface area contributed by atoms with E-state index in [-0.39, 0.29) is 6.03 Å². The molecule has 1 unspecified atom stereocenters. The van der Waals surface area contributed by atoms with Crippen LogP contribution in [0, 0.1) is 0 Å². The van der Waals surface area contributed by atoms with Crippen LogP contribution in [0.4, 0.5) is 4.79 Å². The summed E-state index contributed by atoms with van der Waals surface area (Å²) in [6.07, 6.45) is 2.07. The van der Waals surface area contributed by atoms with E-state index in [1.165, 1.54) is 11.1 Å². The van der Waals surface area contributed by atoms with Gasteiger partial charge >= 0.3 is 6.03 Å². The maximum atomic E-state index is 12.4. The van der Waals surface area contributed by atoms with Crippen LogP contribution in [-0.2, 0) is 13.0 Å². The van der Waals surface area contributed by atoms with Crippen LogP contribution in [0.1, 0.15) is 45.2 Å². The number of fused-ring (bicyclic) bond motifs is 1. The number of rotatable bonds is 7. The van der Waals surface area contributed by atoms with Crippen LogP contribution < -0.4 is 5.32 Å². The molecule has 0 saturated heterocycles. The maximum Gasteiger partial charge on any atom is 0.317 e. The van der Waals surface area contributed by atoms with Crippen LogP contribution in [-0.4, -0.2) is 58.8 Å². The lowest BCUT2D eigenvalue weighted by atomic mass is 9.98. The molecule has 0 aliphatic carbocycles. The van der Waals surface area contributed by atoms with Gasteiger partial charge in [0.05, 0.1) is 12.1 Å². The Bertz CT molecular complexity index is 568. The van der Waals surface area contributed by atoms with Gasteiger partial charge in [0.1, 0.15) is 0 Å². The van der Waals surface area contributed by atoms with E-state index in [2.05, 4.69) is 41.4 Å². The quantitative estimate of drug-likeness (QED) is 0.797. The number of nitrogens with zero attached hydrogens (tertiary/aromatic N) is 2. The molecule has 0 saturated carbocycles. The first-order valence-corrected chi connectivity index (χ1v) is 9.40. The average molecular weight is 348 g/mol. The molecule has 2 amide bonds. The van der Waals surface area contributed by atoms with E-state index in [0.29, 0.717) is 25.7 Å². The highest BCUT2D eigenvalue weighted by atomic mass is 16.3. The van der Waals surface area contributed by atoms with Gasteiger partial charge in [-0.15, -0.1) is 0 Å².